The molecule has 0 atom stereocenters. The van der Waals surface area contributed by atoms with Gasteiger partial charge in [0.2, 0.25) is 10.0 Å². The molecule has 0 amide bonds. The number of nitrogens with zero attached hydrogens (tertiary/aromatic N) is 2. The van der Waals surface area contributed by atoms with Gasteiger partial charge in [-0.3, -0.25) is 10.1 Å². The summed E-state index contributed by atoms with van der Waals surface area (Å²) in [6, 6.07) is 5.41. The molecule has 0 unspecified atom stereocenters. The zero-order chi connectivity index (χ0) is 20.1. The number of hydrogen-bond acceptors (Lipinski definition) is 6. The van der Waals surface area contributed by atoms with Gasteiger partial charge in [-0.2, -0.15) is 4.31 Å². The quantitative estimate of drug-likeness (QED) is 0.264. The summed E-state index contributed by atoms with van der Waals surface area (Å²) in [5, 5.41) is 28.9. The third-order valence-corrected chi connectivity index (χ3v) is 6.26. The third-order valence-electron chi connectivity index (χ3n) is 4.31. The van der Waals surface area contributed by atoms with Crippen LogP contribution >= 0.6 is 0 Å². The molecular weight excluding hydrogens is 372 g/mol. The van der Waals surface area contributed by atoms with Gasteiger partial charge in [0, 0.05) is 32.4 Å². The van der Waals surface area contributed by atoms with E-state index < -0.39 is 20.6 Å². The minimum Gasteiger partial charge on any atom is -0.396 e. The summed E-state index contributed by atoms with van der Waals surface area (Å²) in [7, 11) is -3.97. The maximum absolute atomic E-state index is 13.0. The van der Waals surface area contributed by atoms with Crippen molar-refractivity contribution in [2.24, 2.45) is 0 Å². The minimum absolute atomic E-state index is 0.114. The first-order valence-electron chi connectivity index (χ1n) is 9.40. The lowest BCUT2D eigenvalue weighted by molar-refractivity contribution is -0.387. The van der Waals surface area contributed by atoms with E-state index >= 15 is 0 Å². The molecule has 0 aliphatic carbocycles. The van der Waals surface area contributed by atoms with E-state index in [1.165, 1.54) is 28.6 Å². The first-order chi connectivity index (χ1) is 12.9. The van der Waals surface area contributed by atoms with E-state index in [9.17, 15) is 18.5 Å². The summed E-state index contributed by atoms with van der Waals surface area (Å²) in [5.74, 6) is 0. The van der Waals surface area contributed by atoms with Gasteiger partial charge in [0.15, 0.2) is 4.90 Å². The molecule has 0 aliphatic rings. The fourth-order valence-electron chi connectivity index (χ4n) is 2.82. The van der Waals surface area contributed by atoms with Gasteiger partial charge in [0.1, 0.15) is 0 Å². The maximum Gasteiger partial charge on any atom is 0.289 e. The zero-order valence-corrected chi connectivity index (χ0v) is 16.4. The monoisotopic (exact) mass is 402 g/mol. The Kier molecular flexibility index (Phi) is 11.1. The maximum atomic E-state index is 13.0. The van der Waals surface area contributed by atoms with Crippen LogP contribution in [0.5, 0.6) is 0 Å². The van der Waals surface area contributed by atoms with Crippen LogP contribution in [0.15, 0.2) is 29.2 Å². The molecule has 0 aliphatic heterocycles. The van der Waals surface area contributed by atoms with Gasteiger partial charge in [-0.25, -0.2) is 8.42 Å². The Morgan fingerprint density at radius 3 is 1.81 bits per heavy atom. The highest BCUT2D eigenvalue weighted by molar-refractivity contribution is 7.89. The second kappa shape index (κ2) is 12.8. The Labute approximate surface area is 161 Å². The number of benzene rings is 1. The van der Waals surface area contributed by atoms with Gasteiger partial charge < -0.3 is 10.2 Å². The van der Waals surface area contributed by atoms with Crippen LogP contribution in [0.25, 0.3) is 0 Å². The molecule has 0 fully saturated rings. The molecule has 27 heavy (non-hydrogen) atoms. The number of nitro benzene ring substituents is 1. The van der Waals surface area contributed by atoms with Crippen molar-refractivity contribution < 1.29 is 23.6 Å². The lowest BCUT2D eigenvalue weighted by atomic mass is 10.2. The van der Waals surface area contributed by atoms with Crippen molar-refractivity contribution >= 4 is 15.7 Å². The standard InChI is InChI=1S/C18H30N2O6S/c21-15-9-3-1-7-13-19(14-8-2-4-10-16-22)27(25,26)18-12-6-5-11-17(18)20(23)24/h5-6,11-12,21-22H,1-4,7-10,13-16H2. The third kappa shape index (κ3) is 7.92. The van der Waals surface area contributed by atoms with Crippen LogP contribution in [-0.4, -0.2) is 54.2 Å². The van der Waals surface area contributed by atoms with Crippen molar-refractivity contribution in [3.05, 3.63) is 34.4 Å². The smallest absolute Gasteiger partial charge is 0.289 e. The summed E-state index contributed by atoms with van der Waals surface area (Å²) < 4.78 is 27.4. The average molecular weight is 403 g/mol. The Morgan fingerprint density at radius 1 is 0.852 bits per heavy atom. The lowest BCUT2D eigenvalue weighted by Crippen LogP contribution is -2.33. The van der Waals surface area contributed by atoms with Crippen LogP contribution in [0.3, 0.4) is 0 Å². The molecule has 9 heteroatoms. The van der Waals surface area contributed by atoms with Crippen molar-refractivity contribution in [2.45, 2.75) is 56.3 Å². The van der Waals surface area contributed by atoms with E-state index in [0.717, 1.165) is 25.7 Å². The Morgan fingerprint density at radius 2 is 1.33 bits per heavy atom. The SMILES string of the molecule is O=[N+]([O-])c1ccccc1S(=O)(=O)N(CCCCCCO)CCCCCCO. The number of nitro groups is 1. The lowest BCUT2D eigenvalue weighted by Gasteiger charge is -2.22. The molecule has 0 aromatic heterocycles. The van der Waals surface area contributed by atoms with Gasteiger partial charge in [-0.15, -0.1) is 0 Å². The van der Waals surface area contributed by atoms with Crippen molar-refractivity contribution in [3.63, 3.8) is 0 Å². The minimum atomic E-state index is -3.97. The van der Waals surface area contributed by atoms with Crippen LogP contribution in [0.1, 0.15) is 51.4 Å². The van der Waals surface area contributed by atoms with Crippen LogP contribution in [0.4, 0.5) is 5.69 Å². The predicted molar refractivity (Wildman–Crippen MR) is 103 cm³/mol. The topological polar surface area (TPSA) is 121 Å². The first kappa shape index (κ1) is 23.5. The summed E-state index contributed by atoms with van der Waals surface area (Å²) in [5.41, 5.74) is -0.414. The van der Waals surface area contributed by atoms with Crippen molar-refractivity contribution in [2.75, 3.05) is 26.3 Å². The van der Waals surface area contributed by atoms with E-state index in [1.54, 1.807) is 0 Å². The molecule has 2 N–H and O–H groups in total. The molecule has 1 aromatic carbocycles. The highest BCUT2D eigenvalue weighted by atomic mass is 32.2. The molecule has 0 heterocycles. The van der Waals surface area contributed by atoms with Crippen LogP contribution in [0, 0.1) is 10.1 Å². The molecule has 0 radical (unpaired) electrons. The van der Waals surface area contributed by atoms with Gasteiger partial charge >= 0.3 is 0 Å². The van der Waals surface area contributed by atoms with Crippen LogP contribution in [-0.2, 0) is 10.0 Å². The van der Waals surface area contributed by atoms with Crippen molar-refractivity contribution in [1.29, 1.82) is 0 Å². The molecule has 0 bridgehead atoms. The molecule has 0 saturated carbocycles. The Balaban J connectivity index is 2.89. The molecular formula is C18H30N2O6S. The number of sulfonamides is 1. The van der Waals surface area contributed by atoms with Crippen LogP contribution in [0.2, 0.25) is 0 Å². The van der Waals surface area contributed by atoms with Gasteiger partial charge in [0.05, 0.1) is 4.92 Å². The first-order valence-corrected chi connectivity index (χ1v) is 10.8. The number of aliphatic hydroxyl groups excluding tert-OH is 2. The van der Waals surface area contributed by atoms with Gasteiger partial charge in [0.25, 0.3) is 5.69 Å². The Hall–Kier alpha value is -1.55. The van der Waals surface area contributed by atoms with E-state index in [0.29, 0.717) is 38.8 Å². The highest BCUT2D eigenvalue weighted by Gasteiger charge is 2.30. The van der Waals surface area contributed by atoms with Gasteiger partial charge in [-0.1, -0.05) is 37.8 Å². The summed E-state index contributed by atoms with van der Waals surface area (Å²) in [4.78, 5) is 10.3. The number of rotatable bonds is 15. The molecule has 8 nitrogen and oxygen atoms in total. The highest BCUT2D eigenvalue weighted by Crippen LogP contribution is 2.27. The van der Waals surface area contributed by atoms with E-state index in [4.69, 9.17) is 10.2 Å². The number of para-hydroxylation sites is 1. The normalized spacial score (nSPS) is 11.8. The number of unbranched alkanes of at least 4 members (excludes halogenated alkanes) is 6. The molecule has 1 rings (SSSR count). The van der Waals surface area contributed by atoms with Gasteiger partial charge in [-0.05, 0) is 31.7 Å². The number of hydrogen-bond donors (Lipinski definition) is 2. The molecule has 0 saturated heterocycles. The van der Waals surface area contributed by atoms with Crippen LogP contribution < -0.4 is 0 Å². The summed E-state index contributed by atoms with van der Waals surface area (Å²) >= 11 is 0. The second-order valence-electron chi connectivity index (χ2n) is 6.40. The molecule has 0 spiro atoms. The largest absolute Gasteiger partial charge is 0.396 e. The van der Waals surface area contributed by atoms with Crippen molar-refractivity contribution in [3.8, 4) is 0 Å². The Bertz CT molecular complexity index is 652. The molecule has 1 aromatic rings. The average Bonchev–Trinajstić information content (AvgIpc) is 2.65. The van der Waals surface area contributed by atoms with E-state index in [-0.39, 0.29) is 18.1 Å². The van der Waals surface area contributed by atoms with Crippen molar-refractivity contribution in [1.82, 2.24) is 4.31 Å². The van der Waals surface area contributed by atoms with E-state index in [2.05, 4.69) is 0 Å². The fraction of sp³-hybridized carbons (Fsp3) is 0.667. The predicted octanol–water partition coefficient (Wildman–Crippen LogP) is 2.69. The van der Waals surface area contributed by atoms with E-state index in [1.807, 2.05) is 0 Å². The summed E-state index contributed by atoms with van der Waals surface area (Å²) in [6.45, 7) is 0.811. The zero-order valence-electron chi connectivity index (χ0n) is 15.6. The second-order valence-corrected chi connectivity index (χ2v) is 8.31. The summed E-state index contributed by atoms with van der Waals surface area (Å²) in [6.07, 6.45) is 5.82. The number of aliphatic hydroxyl groups is 2. The fourth-order valence-corrected chi connectivity index (χ4v) is 4.50. The molecule has 154 valence electrons.